The number of fused-ring (bicyclic) bond motifs is 3. The van der Waals surface area contributed by atoms with Crippen molar-refractivity contribution in [3.63, 3.8) is 0 Å². The second-order valence-corrected chi connectivity index (χ2v) is 19.2. The van der Waals surface area contributed by atoms with Gasteiger partial charge >= 0.3 is 0 Å². The highest BCUT2D eigenvalue weighted by Crippen LogP contribution is 2.46. The second-order valence-electron chi connectivity index (χ2n) is 19.2. The third kappa shape index (κ3) is 9.21. The van der Waals surface area contributed by atoms with Crippen LogP contribution < -0.4 is 9.80 Å². The quantitative estimate of drug-likeness (QED) is 0.114. The monoisotopic (exact) mass is 1010 g/mol. The summed E-state index contributed by atoms with van der Waals surface area (Å²) in [4.78, 5) is 22.7. The van der Waals surface area contributed by atoms with E-state index in [0.29, 0.717) is 22.8 Å². The first-order valence-corrected chi connectivity index (χ1v) is 26.1. The fourth-order valence-electron chi connectivity index (χ4n) is 10.7. The van der Waals surface area contributed by atoms with Gasteiger partial charge in [-0.3, -0.25) is 0 Å². The van der Waals surface area contributed by atoms with Crippen LogP contribution in [0.5, 0.6) is 0 Å². The first-order valence-electron chi connectivity index (χ1n) is 26.1. The van der Waals surface area contributed by atoms with Crippen LogP contribution in [0.15, 0.2) is 285 Å². The van der Waals surface area contributed by atoms with E-state index in [2.05, 4.69) is 182 Å². The molecule has 7 heteroatoms. The van der Waals surface area contributed by atoms with E-state index in [1.54, 1.807) is 0 Å². The van der Waals surface area contributed by atoms with Gasteiger partial charge in [0.25, 0.3) is 0 Å². The zero-order valence-corrected chi connectivity index (χ0v) is 42.8. The molecule has 13 aromatic rings. The zero-order chi connectivity index (χ0) is 53.1. The molecule has 2 aromatic heterocycles. The molecule has 0 amide bonds. The number of rotatable bonds is 12. The third-order valence-electron chi connectivity index (χ3n) is 14.4. The van der Waals surface area contributed by atoms with Gasteiger partial charge in [0.05, 0.1) is 35.6 Å². The van der Waals surface area contributed by atoms with Gasteiger partial charge in [-0.1, -0.05) is 182 Å². The molecule has 0 aliphatic heterocycles. The van der Waals surface area contributed by atoms with Crippen molar-refractivity contribution >= 4 is 67.3 Å². The number of para-hydroxylation sites is 4. The summed E-state index contributed by atoms with van der Waals surface area (Å²) in [6.45, 7) is 16.9. The SMILES string of the molecule is [C-]#[N+]c1cc(-c2ccc(-c3cc(-c4ccccc4)nc(-c4ccccc4)n3)cc2)cc([N+]#[C-])c1-c1ccc(-n2c3ccc(N(c4ccccc4)c4ccccc4)cc3c3cc(N(c4ccccc4)c4ccccc4)ccc32)cc1. The van der Waals surface area contributed by atoms with Gasteiger partial charge in [-0.05, 0) is 125 Å². The maximum Gasteiger partial charge on any atom is 0.185 e. The van der Waals surface area contributed by atoms with E-state index < -0.39 is 0 Å². The molecule has 0 spiro atoms. The fraction of sp³-hybridized carbons (Fsp3) is 0. The molecule has 7 nitrogen and oxygen atoms in total. The Balaban J connectivity index is 0.888. The van der Waals surface area contributed by atoms with Crippen LogP contribution in [0.1, 0.15) is 0 Å². The maximum absolute atomic E-state index is 8.44. The highest BCUT2D eigenvalue weighted by Gasteiger charge is 2.22. The minimum Gasteiger partial charge on any atom is -0.310 e. The summed E-state index contributed by atoms with van der Waals surface area (Å²) in [6.07, 6.45) is 0. The molecule has 0 saturated carbocycles. The smallest absolute Gasteiger partial charge is 0.185 e. The Morgan fingerprint density at radius 1 is 0.304 bits per heavy atom. The Bertz CT molecular complexity index is 4090. The number of anilines is 6. The average molecular weight is 1010 g/mol. The van der Waals surface area contributed by atoms with Crippen molar-refractivity contribution in [3.05, 3.63) is 308 Å². The summed E-state index contributed by atoms with van der Waals surface area (Å²) in [5, 5.41) is 2.19. The van der Waals surface area contributed by atoms with E-state index in [0.717, 1.165) is 106 Å². The molecule has 0 aliphatic carbocycles. The van der Waals surface area contributed by atoms with Crippen LogP contribution in [-0.4, -0.2) is 14.5 Å². The summed E-state index contributed by atoms with van der Waals surface area (Å²) in [7, 11) is 0. The molecule has 0 atom stereocenters. The number of aromatic nitrogens is 3. The Labute approximate surface area is 459 Å². The van der Waals surface area contributed by atoms with Gasteiger partial charge in [0.15, 0.2) is 17.2 Å². The van der Waals surface area contributed by atoms with Crippen LogP contribution >= 0.6 is 0 Å². The van der Waals surface area contributed by atoms with E-state index in [-0.39, 0.29) is 0 Å². The minimum absolute atomic E-state index is 0.413. The van der Waals surface area contributed by atoms with Crippen molar-refractivity contribution < 1.29 is 0 Å². The minimum atomic E-state index is 0.413. The van der Waals surface area contributed by atoms with Crippen molar-refractivity contribution in [2.45, 2.75) is 0 Å². The average Bonchev–Trinajstić information content (AvgIpc) is 4.12. The lowest BCUT2D eigenvalue weighted by Crippen LogP contribution is -2.09. The topological polar surface area (TPSA) is 45.9 Å². The Hall–Kier alpha value is -11.1. The first-order chi connectivity index (χ1) is 39.1. The fourth-order valence-corrected chi connectivity index (χ4v) is 10.7. The van der Waals surface area contributed by atoms with E-state index in [4.69, 9.17) is 23.1 Å². The van der Waals surface area contributed by atoms with Crippen LogP contribution in [0.3, 0.4) is 0 Å². The van der Waals surface area contributed by atoms with Crippen molar-refractivity contribution in [2.75, 3.05) is 9.80 Å². The largest absolute Gasteiger partial charge is 0.310 e. The van der Waals surface area contributed by atoms with Gasteiger partial charge in [-0.25, -0.2) is 19.7 Å². The lowest BCUT2D eigenvalue weighted by molar-refractivity contribution is 1.18. The highest BCUT2D eigenvalue weighted by atomic mass is 15.1. The second kappa shape index (κ2) is 20.9. The lowest BCUT2D eigenvalue weighted by atomic mass is 9.95. The molecular formula is C72H47N7. The highest BCUT2D eigenvalue weighted by molar-refractivity contribution is 6.12. The third-order valence-corrected chi connectivity index (χ3v) is 14.4. The van der Waals surface area contributed by atoms with Crippen LogP contribution in [0.2, 0.25) is 0 Å². The van der Waals surface area contributed by atoms with E-state index >= 15 is 0 Å². The Kier molecular flexibility index (Phi) is 12.6. The molecule has 0 radical (unpaired) electrons. The molecule has 0 aliphatic rings. The molecule has 0 fully saturated rings. The molecule has 79 heavy (non-hydrogen) atoms. The van der Waals surface area contributed by atoms with Crippen LogP contribution in [0.25, 0.3) is 93.3 Å². The van der Waals surface area contributed by atoms with Crippen molar-refractivity contribution in [2.24, 2.45) is 0 Å². The Morgan fingerprint density at radius 3 is 1.09 bits per heavy atom. The van der Waals surface area contributed by atoms with E-state index in [1.165, 1.54) is 0 Å². The van der Waals surface area contributed by atoms with Crippen molar-refractivity contribution in [1.82, 2.24) is 14.5 Å². The van der Waals surface area contributed by atoms with Gasteiger partial charge in [0, 0.05) is 67.3 Å². The predicted molar refractivity (Wildman–Crippen MR) is 325 cm³/mol. The van der Waals surface area contributed by atoms with Gasteiger partial charge in [-0.2, -0.15) is 0 Å². The number of nitrogens with zero attached hydrogens (tertiary/aromatic N) is 7. The number of hydrogen-bond acceptors (Lipinski definition) is 4. The summed E-state index contributed by atoms with van der Waals surface area (Å²) in [5.41, 5.74) is 17.8. The molecule has 0 N–H and O–H groups in total. The summed E-state index contributed by atoms with van der Waals surface area (Å²) < 4.78 is 2.32. The lowest BCUT2D eigenvalue weighted by Gasteiger charge is -2.26. The molecular weight excluding hydrogens is 963 g/mol. The maximum atomic E-state index is 8.44. The predicted octanol–water partition coefficient (Wildman–Crippen LogP) is 19.9. The van der Waals surface area contributed by atoms with Gasteiger partial charge < -0.3 is 14.4 Å². The van der Waals surface area contributed by atoms with E-state index in [1.807, 2.05) is 127 Å². The molecule has 370 valence electrons. The van der Waals surface area contributed by atoms with E-state index in [9.17, 15) is 0 Å². The molecule has 0 saturated heterocycles. The standard InChI is InChI=1S/C72H47N7/c1-73-67-45-55(50-33-35-52(36-34-50)66-49-65(51-21-9-3-10-22-51)75-72(76-66)54-23-11-4-12-24-54)46-68(74-2)71(67)53-37-39-60(40-38-53)79-69-43-41-61(77(56-25-13-5-14-26-56)57-27-15-6-16-28-57)47-63(69)64-48-62(42-44-70(64)79)78(58-29-17-7-18-30-58)59-31-19-8-20-32-59/h3-49H. The molecule has 11 aromatic carbocycles. The van der Waals surface area contributed by atoms with Crippen LogP contribution in [0.4, 0.5) is 45.5 Å². The molecule has 2 heterocycles. The molecule has 0 bridgehead atoms. The van der Waals surface area contributed by atoms with Gasteiger partial charge in [0.1, 0.15) is 0 Å². The molecule has 13 rings (SSSR count). The number of benzene rings is 11. The van der Waals surface area contributed by atoms with Crippen LogP contribution in [-0.2, 0) is 0 Å². The first kappa shape index (κ1) is 47.6. The Morgan fingerprint density at radius 2 is 0.671 bits per heavy atom. The van der Waals surface area contributed by atoms with Crippen molar-refractivity contribution in [1.29, 1.82) is 0 Å². The van der Waals surface area contributed by atoms with Crippen molar-refractivity contribution in [3.8, 4) is 61.8 Å². The summed E-state index contributed by atoms with van der Waals surface area (Å²) in [5.74, 6) is 0.649. The molecule has 0 unspecified atom stereocenters. The van der Waals surface area contributed by atoms with Gasteiger partial charge in [-0.15, -0.1) is 0 Å². The normalized spacial score (nSPS) is 11.0. The van der Waals surface area contributed by atoms with Gasteiger partial charge in [0.2, 0.25) is 0 Å². The number of hydrogen-bond donors (Lipinski definition) is 0. The van der Waals surface area contributed by atoms with Crippen LogP contribution in [0, 0.1) is 13.1 Å². The zero-order valence-electron chi connectivity index (χ0n) is 42.8. The summed E-state index contributed by atoms with van der Waals surface area (Å²) >= 11 is 0. The summed E-state index contributed by atoms with van der Waals surface area (Å²) in [6, 6.07) is 97.8.